The molecule has 5 unspecified atom stereocenters. The number of carbonyl (C=O) groups excluding carboxylic acids is 1. The molecule has 1 amide bonds. The van der Waals surface area contributed by atoms with E-state index >= 15 is 0 Å². The van der Waals surface area contributed by atoms with Gasteiger partial charge >= 0.3 is 0 Å². The summed E-state index contributed by atoms with van der Waals surface area (Å²) in [6.45, 7) is 11.3. The van der Waals surface area contributed by atoms with Crippen LogP contribution in [0.5, 0.6) is 0 Å². The molecular weight excluding hydrogens is 611 g/mol. The molecule has 1 aliphatic carbocycles. The van der Waals surface area contributed by atoms with Crippen LogP contribution < -0.4 is 15.4 Å². The number of carbonyl (C=O) groups is 1. The van der Waals surface area contributed by atoms with Gasteiger partial charge in [-0.15, -0.1) is 0 Å². The molecule has 0 spiro atoms. The largest absolute Gasteiger partial charge is 0.388 e. The SMILES string of the molecule is Cc1cc(C(=O)NCC2OC(O)C(O)C(O)C2O)ccc1C1=C2C=CC(=[N+]3CCCC3)C=C2[Si](C)(C)c2cc(N3CCCC3)ccc21. The number of allylic oxidation sites excluding steroid dienone is 5. The molecule has 3 saturated heterocycles. The molecule has 10 heteroatoms. The van der Waals surface area contributed by atoms with Crippen molar-refractivity contribution in [3.63, 3.8) is 0 Å². The fraction of sp³-hybridized carbons (Fsp3) is 0.459. The van der Waals surface area contributed by atoms with Crippen molar-refractivity contribution in [2.75, 3.05) is 37.6 Å². The Morgan fingerprint density at radius 3 is 2.38 bits per heavy atom. The van der Waals surface area contributed by atoms with E-state index in [2.05, 4.69) is 64.3 Å². The van der Waals surface area contributed by atoms with Crippen LogP contribution in [0.1, 0.15) is 52.7 Å². The second-order valence-electron chi connectivity index (χ2n) is 14.1. The van der Waals surface area contributed by atoms with E-state index in [0.717, 1.165) is 37.3 Å². The zero-order valence-electron chi connectivity index (χ0n) is 27.4. The number of nitrogens with one attached hydrogen (secondary N) is 1. The first-order valence-corrected chi connectivity index (χ1v) is 20.0. The Kier molecular flexibility index (Phi) is 8.61. The minimum absolute atomic E-state index is 0.141. The lowest BCUT2D eigenvalue weighted by Gasteiger charge is -2.38. The zero-order valence-corrected chi connectivity index (χ0v) is 28.4. The van der Waals surface area contributed by atoms with Crippen molar-refractivity contribution in [3.8, 4) is 0 Å². The molecular formula is C37H46N3O6Si+. The molecule has 0 saturated carbocycles. The number of aliphatic hydroxyl groups excluding tert-OH is 4. The molecule has 0 bridgehead atoms. The predicted molar refractivity (Wildman–Crippen MR) is 185 cm³/mol. The molecule has 3 fully saturated rings. The Bertz CT molecular complexity index is 1710. The monoisotopic (exact) mass is 656 g/mol. The predicted octanol–water partition coefficient (Wildman–Crippen LogP) is 2.14. The van der Waals surface area contributed by atoms with E-state index in [4.69, 9.17) is 4.74 Å². The smallest absolute Gasteiger partial charge is 0.251 e. The number of aryl methyl sites for hydroxylation is 1. The number of benzene rings is 2. The average molecular weight is 657 g/mol. The van der Waals surface area contributed by atoms with Crippen LogP contribution in [0.3, 0.4) is 0 Å². The van der Waals surface area contributed by atoms with Crippen molar-refractivity contribution < 1.29 is 34.5 Å². The summed E-state index contributed by atoms with van der Waals surface area (Å²) < 4.78 is 7.74. The van der Waals surface area contributed by atoms with E-state index < -0.39 is 38.8 Å². The van der Waals surface area contributed by atoms with Gasteiger partial charge in [0, 0.05) is 55.9 Å². The van der Waals surface area contributed by atoms with Crippen LogP contribution in [0.4, 0.5) is 5.69 Å². The summed E-state index contributed by atoms with van der Waals surface area (Å²) in [6, 6.07) is 12.8. The van der Waals surface area contributed by atoms with Crippen LogP contribution in [0.25, 0.3) is 5.57 Å². The topological polar surface area (TPSA) is 126 Å². The second kappa shape index (κ2) is 12.6. The number of ether oxygens (including phenoxy) is 1. The van der Waals surface area contributed by atoms with Gasteiger partial charge in [0.2, 0.25) is 0 Å². The Morgan fingerprint density at radius 2 is 1.66 bits per heavy atom. The Balaban J connectivity index is 1.24. The van der Waals surface area contributed by atoms with Crippen LogP contribution in [0.2, 0.25) is 13.1 Å². The molecule has 2 aromatic rings. The molecule has 7 rings (SSSR count). The number of amides is 1. The molecule has 0 aromatic heterocycles. The fourth-order valence-corrected chi connectivity index (χ4v) is 11.0. The van der Waals surface area contributed by atoms with Gasteiger partial charge in [-0.05, 0) is 88.3 Å². The van der Waals surface area contributed by atoms with E-state index in [1.165, 1.54) is 64.2 Å². The third-order valence-electron chi connectivity index (χ3n) is 10.7. The Hall–Kier alpha value is -3.38. The molecule has 2 aromatic carbocycles. The molecule has 47 heavy (non-hydrogen) atoms. The maximum Gasteiger partial charge on any atom is 0.251 e. The first-order valence-electron chi connectivity index (χ1n) is 17.0. The molecule has 0 radical (unpaired) electrons. The molecule has 5 N–H and O–H groups in total. The normalized spacial score (nSPS) is 28.4. The van der Waals surface area contributed by atoms with E-state index in [1.807, 2.05) is 25.1 Å². The highest BCUT2D eigenvalue weighted by atomic mass is 28.3. The van der Waals surface area contributed by atoms with Crippen LogP contribution in [-0.2, 0) is 4.74 Å². The van der Waals surface area contributed by atoms with E-state index in [-0.39, 0.29) is 12.5 Å². The van der Waals surface area contributed by atoms with Crippen molar-refractivity contribution in [1.29, 1.82) is 0 Å². The highest BCUT2D eigenvalue weighted by Gasteiger charge is 2.43. The van der Waals surface area contributed by atoms with Gasteiger partial charge in [0.05, 0.1) is 0 Å². The summed E-state index contributed by atoms with van der Waals surface area (Å²) in [5.41, 5.74) is 8.88. The van der Waals surface area contributed by atoms with Crippen LogP contribution in [-0.4, -0.2) is 108 Å². The average Bonchev–Trinajstić information content (AvgIpc) is 3.81. The first-order chi connectivity index (χ1) is 22.5. The lowest BCUT2D eigenvalue weighted by Crippen LogP contribution is -2.60. The lowest BCUT2D eigenvalue weighted by molar-refractivity contribution is -0.504. The van der Waals surface area contributed by atoms with Gasteiger partial charge in [-0.2, -0.15) is 0 Å². The summed E-state index contributed by atoms with van der Waals surface area (Å²) in [7, 11) is -2.09. The van der Waals surface area contributed by atoms with E-state index in [0.29, 0.717) is 5.56 Å². The van der Waals surface area contributed by atoms with Crippen molar-refractivity contribution in [2.24, 2.45) is 0 Å². The van der Waals surface area contributed by atoms with Crippen molar-refractivity contribution in [2.45, 2.75) is 76.4 Å². The third kappa shape index (κ3) is 5.75. The molecule has 9 nitrogen and oxygen atoms in total. The summed E-state index contributed by atoms with van der Waals surface area (Å²) in [4.78, 5) is 15.8. The van der Waals surface area contributed by atoms with E-state index in [9.17, 15) is 25.2 Å². The maximum absolute atomic E-state index is 13.2. The highest BCUT2D eigenvalue weighted by molar-refractivity contribution is 6.98. The van der Waals surface area contributed by atoms with Gasteiger partial charge in [-0.1, -0.05) is 25.2 Å². The van der Waals surface area contributed by atoms with Crippen LogP contribution in [0, 0.1) is 6.92 Å². The number of aliphatic hydroxyl groups is 4. The molecule has 5 aliphatic rings. The molecule has 248 valence electrons. The fourth-order valence-electron chi connectivity index (χ4n) is 7.94. The maximum atomic E-state index is 13.2. The number of nitrogens with zero attached hydrogens (tertiary/aromatic N) is 2. The number of rotatable bonds is 5. The summed E-state index contributed by atoms with van der Waals surface area (Å²) in [5, 5.41) is 45.6. The standard InChI is InChI=1S/C37H45N3O6Si/c1-22-18-23(36(44)38-21-29-33(41)34(42)35(43)37(45)46-29)8-11-26(22)32-27-12-9-24(39-14-4-5-15-39)19-30(27)47(2,3)31-20-25(10-13-28(31)32)40-16-6-7-17-40/h8-13,18-20,29,33-35,37,41-43,45H,4-7,14-17,21H2,1-3H3/p+1. The molecule has 4 heterocycles. The Morgan fingerprint density at radius 1 is 0.936 bits per heavy atom. The van der Waals surface area contributed by atoms with Gasteiger partial charge in [0.25, 0.3) is 5.91 Å². The zero-order chi connectivity index (χ0) is 33.0. The number of hydrogen-bond acceptors (Lipinski definition) is 7. The van der Waals surface area contributed by atoms with Crippen molar-refractivity contribution in [1.82, 2.24) is 5.32 Å². The highest BCUT2D eigenvalue weighted by Crippen LogP contribution is 2.43. The number of anilines is 1. The Labute approximate surface area is 277 Å². The number of hydrogen-bond donors (Lipinski definition) is 5. The van der Waals surface area contributed by atoms with Gasteiger partial charge in [-0.25, -0.2) is 4.58 Å². The van der Waals surface area contributed by atoms with Gasteiger partial charge in [0.15, 0.2) is 12.0 Å². The third-order valence-corrected chi connectivity index (χ3v) is 14.3. The molecule has 4 aliphatic heterocycles. The van der Waals surface area contributed by atoms with Gasteiger partial charge < -0.3 is 35.4 Å². The van der Waals surface area contributed by atoms with Crippen LogP contribution in [0.15, 0.2) is 65.4 Å². The lowest BCUT2D eigenvalue weighted by atomic mass is 9.87. The summed E-state index contributed by atoms with van der Waals surface area (Å²) in [6.07, 6.45) is 4.63. The van der Waals surface area contributed by atoms with Crippen LogP contribution >= 0.6 is 0 Å². The minimum Gasteiger partial charge on any atom is -0.388 e. The summed E-state index contributed by atoms with van der Waals surface area (Å²) >= 11 is 0. The quantitative estimate of drug-likeness (QED) is 0.247. The van der Waals surface area contributed by atoms with Gasteiger partial charge in [-0.3, -0.25) is 4.79 Å². The van der Waals surface area contributed by atoms with Crippen molar-refractivity contribution >= 4 is 36.1 Å². The first kappa shape index (κ1) is 32.2. The number of fused-ring (bicyclic) bond motifs is 2. The molecule has 5 atom stereocenters. The summed E-state index contributed by atoms with van der Waals surface area (Å²) in [5.74, 6) is -0.362. The van der Waals surface area contributed by atoms with Gasteiger partial charge in [0.1, 0.15) is 45.6 Å². The van der Waals surface area contributed by atoms with E-state index in [1.54, 1.807) is 0 Å². The second-order valence-corrected chi connectivity index (χ2v) is 18.5. The minimum atomic E-state index is -2.09. The van der Waals surface area contributed by atoms with Crippen molar-refractivity contribution in [3.05, 3.63) is 87.6 Å².